The van der Waals surface area contributed by atoms with Crippen LogP contribution in [0.25, 0.3) is 86.5 Å². The monoisotopic (exact) mass is 720 g/mol. The fraction of sp³-hybridized carbons (Fsp3) is 0. The molecular formula is C51H32N2OS. The summed E-state index contributed by atoms with van der Waals surface area (Å²) in [5.74, 6) is 0. The van der Waals surface area contributed by atoms with Crippen molar-refractivity contribution in [2.75, 3.05) is 4.90 Å². The van der Waals surface area contributed by atoms with Gasteiger partial charge in [0.1, 0.15) is 16.2 Å². The summed E-state index contributed by atoms with van der Waals surface area (Å²) in [6, 6.07) is 69.3. The second-order valence-corrected chi connectivity index (χ2v) is 14.9. The van der Waals surface area contributed by atoms with Crippen LogP contribution in [0.4, 0.5) is 17.1 Å². The molecule has 0 saturated carbocycles. The lowest BCUT2D eigenvalue weighted by atomic mass is 9.93. The Kier molecular flexibility index (Phi) is 7.35. The largest absolute Gasteiger partial charge is 0.456 e. The summed E-state index contributed by atoms with van der Waals surface area (Å²) < 4.78 is 7.64. The van der Waals surface area contributed by atoms with E-state index in [-0.39, 0.29) is 0 Å². The molecule has 0 unspecified atom stereocenters. The number of fused-ring (bicyclic) bond motifs is 8. The Morgan fingerprint density at radius 2 is 1.05 bits per heavy atom. The number of hydrogen-bond acceptors (Lipinski definition) is 4. The molecule has 3 nitrogen and oxygen atoms in total. The number of aromatic nitrogens is 1. The van der Waals surface area contributed by atoms with Crippen molar-refractivity contribution in [2.45, 2.75) is 0 Å². The minimum atomic E-state index is 0.858. The Morgan fingerprint density at radius 1 is 0.418 bits per heavy atom. The molecule has 0 radical (unpaired) electrons. The molecular weight excluding hydrogens is 689 g/mol. The van der Waals surface area contributed by atoms with Crippen molar-refractivity contribution in [3.63, 3.8) is 0 Å². The van der Waals surface area contributed by atoms with Crippen LogP contribution < -0.4 is 4.90 Å². The fourth-order valence-electron chi connectivity index (χ4n) is 8.06. The molecule has 0 aliphatic heterocycles. The zero-order valence-corrected chi connectivity index (χ0v) is 30.5. The van der Waals surface area contributed by atoms with E-state index >= 15 is 0 Å². The third-order valence-corrected chi connectivity index (χ3v) is 11.8. The Hall–Kier alpha value is -7.01. The number of furan rings is 1. The van der Waals surface area contributed by atoms with Crippen LogP contribution in [0.5, 0.6) is 0 Å². The van der Waals surface area contributed by atoms with Crippen molar-refractivity contribution in [1.82, 2.24) is 4.98 Å². The highest BCUT2D eigenvalue weighted by Crippen LogP contribution is 2.44. The first kappa shape index (κ1) is 31.5. The summed E-state index contributed by atoms with van der Waals surface area (Å²) in [5.41, 5.74) is 11.8. The molecule has 258 valence electrons. The molecule has 4 heteroatoms. The van der Waals surface area contributed by atoms with E-state index in [0.29, 0.717) is 0 Å². The molecule has 55 heavy (non-hydrogen) atoms. The van der Waals surface area contributed by atoms with Crippen LogP contribution in [0.15, 0.2) is 199 Å². The lowest BCUT2D eigenvalue weighted by molar-refractivity contribution is 0.669. The van der Waals surface area contributed by atoms with Gasteiger partial charge in [-0.2, -0.15) is 0 Å². The number of hydrogen-bond donors (Lipinski definition) is 0. The summed E-state index contributed by atoms with van der Waals surface area (Å²) in [4.78, 5) is 7.41. The van der Waals surface area contributed by atoms with E-state index in [2.05, 4.69) is 193 Å². The van der Waals surface area contributed by atoms with Crippen molar-refractivity contribution in [1.29, 1.82) is 0 Å². The predicted octanol–water partition coefficient (Wildman–Crippen LogP) is 15.0. The SMILES string of the molecule is c1ccc(-c2ccc(N(c3cccc(-c4cc5ccccc5c5ccccc45)c3)c3ccc4oc5ccc6nc(-c7ccccc7)sc6c5c4c3)cc2)cc1. The molecule has 0 spiro atoms. The Labute approximate surface area is 322 Å². The molecule has 0 fully saturated rings. The van der Waals surface area contributed by atoms with Crippen LogP contribution in [0, 0.1) is 0 Å². The van der Waals surface area contributed by atoms with Gasteiger partial charge in [0.05, 0.1) is 10.2 Å². The molecule has 0 atom stereocenters. The second kappa shape index (κ2) is 12.8. The Balaban J connectivity index is 1.11. The van der Waals surface area contributed by atoms with Crippen LogP contribution in [0.1, 0.15) is 0 Å². The lowest BCUT2D eigenvalue weighted by Crippen LogP contribution is -2.10. The predicted molar refractivity (Wildman–Crippen MR) is 233 cm³/mol. The van der Waals surface area contributed by atoms with Gasteiger partial charge in [-0.05, 0) is 104 Å². The van der Waals surface area contributed by atoms with E-state index in [9.17, 15) is 0 Å². The summed E-state index contributed by atoms with van der Waals surface area (Å²) >= 11 is 1.72. The van der Waals surface area contributed by atoms with Gasteiger partial charge in [-0.15, -0.1) is 11.3 Å². The zero-order valence-electron chi connectivity index (χ0n) is 29.7. The van der Waals surface area contributed by atoms with E-state index in [0.717, 1.165) is 59.8 Å². The van der Waals surface area contributed by atoms with Crippen molar-refractivity contribution >= 4 is 82.1 Å². The minimum absolute atomic E-state index is 0.858. The standard InChI is InChI=1S/C51H32N2OS/c1-3-12-33(13-4-1)34-22-24-38(25-23-34)53(39-18-11-17-36(30-39)44-31-37-16-7-8-19-41(37)42-20-9-10-21-43(42)44)40-26-28-47-45(32-40)49-48(54-47)29-27-46-50(49)55-51(52-46)35-14-5-2-6-15-35/h1-32H. The Morgan fingerprint density at radius 3 is 1.87 bits per heavy atom. The highest BCUT2D eigenvalue weighted by Gasteiger charge is 2.20. The van der Waals surface area contributed by atoms with E-state index in [1.165, 1.54) is 43.8 Å². The topological polar surface area (TPSA) is 29.3 Å². The van der Waals surface area contributed by atoms with Crippen LogP contribution in [-0.2, 0) is 0 Å². The molecule has 9 aromatic carbocycles. The van der Waals surface area contributed by atoms with Gasteiger partial charge in [0, 0.05) is 33.4 Å². The molecule has 11 rings (SSSR count). The molecule has 0 amide bonds. The van der Waals surface area contributed by atoms with Gasteiger partial charge in [-0.25, -0.2) is 4.98 Å². The molecule has 11 aromatic rings. The maximum Gasteiger partial charge on any atom is 0.137 e. The van der Waals surface area contributed by atoms with Crippen LogP contribution in [-0.4, -0.2) is 4.98 Å². The van der Waals surface area contributed by atoms with Crippen molar-refractivity contribution in [3.8, 4) is 32.8 Å². The molecule has 0 N–H and O–H groups in total. The van der Waals surface area contributed by atoms with Crippen LogP contribution in [0.3, 0.4) is 0 Å². The smallest absolute Gasteiger partial charge is 0.137 e. The zero-order chi connectivity index (χ0) is 36.3. The highest BCUT2D eigenvalue weighted by atomic mass is 32.1. The quantitative estimate of drug-likeness (QED) is 0.160. The average molecular weight is 721 g/mol. The van der Waals surface area contributed by atoms with Crippen molar-refractivity contribution in [2.24, 2.45) is 0 Å². The highest BCUT2D eigenvalue weighted by molar-refractivity contribution is 7.22. The van der Waals surface area contributed by atoms with Crippen molar-refractivity contribution in [3.05, 3.63) is 194 Å². The van der Waals surface area contributed by atoms with Gasteiger partial charge in [0.15, 0.2) is 0 Å². The number of nitrogens with zero attached hydrogens (tertiary/aromatic N) is 2. The first-order valence-corrected chi connectivity index (χ1v) is 19.3. The van der Waals surface area contributed by atoms with E-state index in [1.807, 2.05) is 6.07 Å². The minimum Gasteiger partial charge on any atom is -0.456 e. The number of benzene rings is 9. The lowest BCUT2D eigenvalue weighted by Gasteiger charge is -2.26. The van der Waals surface area contributed by atoms with Gasteiger partial charge in [0.25, 0.3) is 0 Å². The van der Waals surface area contributed by atoms with E-state index < -0.39 is 0 Å². The summed E-state index contributed by atoms with van der Waals surface area (Å²) in [6.45, 7) is 0. The van der Waals surface area contributed by atoms with Gasteiger partial charge >= 0.3 is 0 Å². The molecule has 0 saturated heterocycles. The maximum atomic E-state index is 6.50. The first-order chi connectivity index (χ1) is 27.2. The second-order valence-electron chi connectivity index (χ2n) is 13.9. The van der Waals surface area contributed by atoms with Crippen LogP contribution >= 0.6 is 11.3 Å². The fourth-order valence-corrected chi connectivity index (χ4v) is 9.19. The first-order valence-electron chi connectivity index (χ1n) is 18.5. The Bertz CT molecular complexity index is 3200. The molecule has 0 aliphatic rings. The summed E-state index contributed by atoms with van der Waals surface area (Å²) in [6.07, 6.45) is 0. The number of thiazole rings is 1. The third-order valence-electron chi connectivity index (χ3n) is 10.7. The molecule has 2 aromatic heterocycles. The normalized spacial score (nSPS) is 11.6. The molecule has 0 bridgehead atoms. The summed E-state index contributed by atoms with van der Waals surface area (Å²) in [5, 5.41) is 8.19. The van der Waals surface area contributed by atoms with Gasteiger partial charge in [0.2, 0.25) is 0 Å². The third kappa shape index (κ3) is 5.38. The van der Waals surface area contributed by atoms with Crippen molar-refractivity contribution < 1.29 is 4.42 Å². The van der Waals surface area contributed by atoms with Gasteiger partial charge < -0.3 is 9.32 Å². The van der Waals surface area contributed by atoms with Crippen LogP contribution in [0.2, 0.25) is 0 Å². The number of anilines is 3. The molecule has 2 heterocycles. The van der Waals surface area contributed by atoms with E-state index in [1.54, 1.807) is 11.3 Å². The summed E-state index contributed by atoms with van der Waals surface area (Å²) in [7, 11) is 0. The van der Waals surface area contributed by atoms with Gasteiger partial charge in [-0.1, -0.05) is 133 Å². The average Bonchev–Trinajstić information content (AvgIpc) is 3.86. The molecule has 0 aliphatic carbocycles. The number of rotatable bonds is 6. The van der Waals surface area contributed by atoms with E-state index in [4.69, 9.17) is 9.40 Å². The van der Waals surface area contributed by atoms with Gasteiger partial charge in [-0.3, -0.25) is 0 Å². The maximum absolute atomic E-state index is 6.50.